The molecule has 4 rings (SSSR count). The number of nitrogens with zero attached hydrogens (tertiary/aromatic N) is 1. The Hall–Kier alpha value is -1.65. The van der Waals surface area contributed by atoms with Crippen molar-refractivity contribution in [2.24, 2.45) is 17.8 Å². The van der Waals surface area contributed by atoms with Crippen molar-refractivity contribution in [1.82, 2.24) is 10.2 Å². The van der Waals surface area contributed by atoms with Gasteiger partial charge in [0.25, 0.3) is 5.91 Å². The summed E-state index contributed by atoms with van der Waals surface area (Å²) in [5.74, 6) is 1.01. The predicted molar refractivity (Wildman–Crippen MR) is 107 cm³/mol. The van der Waals surface area contributed by atoms with Crippen LogP contribution in [0.15, 0.2) is 36.9 Å². The number of benzene rings is 1. The Morgan fingerprint density at radius 1 is 1.22 bits per heavy atom. The quantitative estimate of drug-likeness (QED) is 0.759. The molecule has 2 saturated carbocycles. The number of rotatable bonds is 6. The molecule has 27 heavy (non-hydrogen) atoms. The number of aliphatic hydroxyl groups is 1. The van der Waals surface area contributed by atoms with E-state index in [1.165, 1.54) is 6.42 Å². The summed E-state index contributed by atoms with van der Waals surface area (Å²) in [5, 5.41) is 15.3. The molecule has 0 radical (unpaired) electrons. The average Bonchev–Trinajstić information content (AvgIpc) is 3.15. The van der Waals surface area contributed by atoms with Crippen LogP contribution in [0.2, 0.25) is 0 Å². The highest BCUT2D eigenvalue weighted by molar-refractivity contribution is 5.87. The molecule has 1 aromatic rings. The first-order valence-electron chi connectivity index (χ1n) is 10.5. The summed E-state index contributed by atoms with van der Waals surface area (Å²) in [4.78, 5) is 15.5. The fourth-order valence-electron chi connectivity index (χ4n) is 5.32. The number of nitrogens with one attached hydrogen (secondary N) is 1. The highest BCUT2D eigenvalue weighted by Crippen LogP contribution is 2.48. The normalized spacial score (nSPS) is 29.9. The predicted octanol–water partition coefficient (Wildman–Crippen LogP) is 3.00. The molecule has 1 amide bonds. The van der Waals surface area contributed by atoms with Crippen LogP contribution in [-0.2, 0) is 10.4 Å². The Kier molecular flexibility index (Phi) is 5.13. The third-order valence-corrected chi connectivity index (χ3v) is 6.99. The lowest BCUT2D eigenvalue weighted by atomic mass is 9.72. The minimum Gasteiger partial charge on any atom is -0.375 e. The second-order valence-electron chi connectivity index (χ2n) is 8.73. The number of hydrogen-bond donors (Lipinski definition) is 2. The van der Waals surface area contributed by atoms with Crippen molar-refractivity contribution in [3.05, 3.63) is 48.0 Å². The summed E-state index contributed by atoms with van der Waals surface area (Å²) in [6.07, 6.45) is 7.16. The molecule has 2 aliphatic carbocycles. The average molecular weight is 369 g/mol. The molecular weight excluding hydrogens is 336 g/mol. The summed E-state index contributed by atoms with van der Waals surface area (Å²) in [5.41, 5.74) is 0.539. The molecule has 1 aromatic carbocycles. The SMILES string of the molecule is C=CCNC1C2CN(C(=O)C(O)(c3ccc(C)cc3)C3CCCCC3)CC21. The summed E-state index contributed by atoms with van der Waals surface area (Å²) in [7, 11) is 0. The second kappa shape index (κ2) is 7.40. The number of aryl methyl sites for hydroxylation is 1. The topological polar surface area (TPSA) is 52.6 Å². The van der Waals surface area contributed by atoms with E-state index in [-0.39, 0.29) is 11.8 Å². The zero-order valence-corrected chi connectivity index (χ0v) is 16.4. The van der Waals surface area contributed by atoms with E-state index in [0.29, 0.717) is 17.9 Å². The molecule has 0 spiro atoms. The lowest BCUT2D eigenvalue weighted by molar-refractivity contribution is -0.160. The van der Waals surface area contributed by atoms with Gasteiger partial charge in [-0.1, -0.05) is 55.2 Å². The highest BCUT2D eigenvalue weighted by atomic mass is 16.3. The van der Waals surface area contributed by atoms with Gasteiger partial charge in [0, 0.05) is 31.6 Å². The standard InChI is InChI=1S/C23H32N2O2/c1-3-13-24-21-19-14-25(15-20(19)21)22(26)23(27,17-7-5-4-6-8-17)18-11-9-16(2)10-12-18/h3,9-12,17,19-21,24,27H,1,4-8,13-15H2,2H3. The van der Waals surface area contributed by atoms with Crippen molar-refractivity contribution < 1.29 is 9.90 Å². The zero-order valence-electron chi connectivity index (χ0n) is 16.4. The van der Waals surface area contributed by atoms with Crippen molar-refractivity contribution >= 4 is 5.91 Å². The lowest BCUT2D eigenvalue weighted by Crippen LogP contribution is -2.52. The number of fused-ring (bicyclic) bond motifs is 1. The van der Waals surface area contributed by atoms with Gasteiger partial charge in [0.05, 0.1) is 0 Å². The minimum atomic E-state index is -1.38. The number of piperidine rings is 1. The van der Waals surface area contributed by atoms with E-state index < -0.39 is 5.60 Å². The number of amides is 1. The molecule has 1 heterocycles. The third-order valence-electron chi connectivity index (χ3n) is 6.99. The third kappa shape index (κ3) is 3.34. The Morgan fingerprint density at radius 3 is 2.44 bits per heavy atom. The van der Waals surface area contributed by atoms with Crippen molar-refractivity contribution in [2.45, 2.75) is 50.7 Å². The number of hydrogen-bond acceptors (Lipinski definition) is 3. The zero-order chi connectivity index (χ0) is 19.0. The van der Waals surface area contributed by atoms with E-state index in [4.69, 9.17) is 0 Å². The van der Waals surface area contributed by atoms with Gasteiger partial charge in [0.1, 0.15) is 0 Å². The van der Waals surface area contributed by atoms with Gasteiger partial charge in [-0.15, -0.1) is 6.58 Å². The molecule has 0 bridgehead atoms. The molecule has 2 N–H and O–H groups in total. The maximum atomic E-state index is 13.6. The van der Waals surface area contributed by atoms with Crippen LogP contribution in [0.5, 0.6) is 0 Å². The molecule has 3 fully saturated rings. The molecule has 4 nitrogen and oxygen atoms in total. The fourth-order valence-corrected chi connectivity index (χ4v) is 5.32. The molecule has 1 saturated heterocycles. The summed E-state index contributed by atoms with van der Waals surface area (Å²) in [6.45, 7) is 8.15. The largest absolute Gasteiger partial charge is 0.375 e. The maximum absolute atomic E-state index is 13.6. The van der Waals surface area contributed by atoms with Crippen molar-refractivity contribution in [1.29, 1.82) is 0 Å². The second-order valence-corrected chi connectivity index (χ2v) is 8.73. The summed E-state index contributed by atoms with van der Waals surface area (Å²) in [6, 6.07) is 8.43. The molecule has 146 valence electrons. The van der Waals surface area contributed by atoms with Crippen molar-refractivity contribution in [3.8, 4) is 0 Å². The van der Waals surface area contributed by atoms with Crippen LogP contribution in [0, 0.1) is 24.7 Å². The van der Waals surface area contributed by atoms with Gasteiger partial charge >= 0.3 is 0 Å². The van der Waals surface area contributed by atoms with Crippen molar-refractivity contribution in [2.75, 3.05) is 19.6 Å². The van der Waals surface area contributed by atoms with Gasteiger partial charge in [0.15, 0.2) is 5.60 Å². The van der Waals surface area contributed by atoms with E-state index in [9.17, 15) is 9.90 Å². The van der Waals surface area contributed by atoms with Crippen LogP contribution in [-0.4, -0.2) is 41.6 Å². The van der Waals surface area contributed by atoms with E-state index in [0.717, 1.165) is 56.4 Å². The van der Waals surface area contributed by atoms with Gasteiger partial charge < -0.3 is 15.3 Å². The number of likely N-dealkylation sites (tertiary alicyclic amines) is 1. The van der Waals surface area contributed by atoms with Crippen LogP contribution in [0.25, 0.3) is 0 Å². The molecular formula is C23H32N2O2. The van der Waals surface area contributed by atoms with Gasteiger partial charge in [-0.25, -0.2) is 0 Å². The maximum Gasteiger partial charge on any atom is 0.259 e. The van der Waals surface area contributed by atoms with E-state index in [1.54, 1.807) is 0 Å². The van der Waals surface area contributed by atoms with E-state index in [2.05, 4.69) is 11.9 Å². The Morgan fingerprint density at radius 2 is 1.85 bits per heavy atom. The fraction of sp³-hybridized carbons (Fsp3) is 0.609. The van der Waals surface area contributed by atoms with Crippen LogP contribution in [0.3, 0.4) is 0 Å². The highest BCUT2D eigenvalue weighted by Gasteiger charge is 2.59. The Bertz CT molecular complexity index is 683. The monoisotopic (exact) mass is 368 g/mol. The smallest absolute Gasteiger partial charge is 0.259 e. The van der Waals surface area contributed by atoms with Gasteiger partial charge in [-0.05, 0) is 37.2 Å². The van der Waals surface area contributed by atoms with Crippen LogP contribution in [0.4, 0.5) is 0 Å². The van der Waals surface area contributed by atoms with Crippen molar-refractivity contribution in [3.63, 3.8) is 0 Å². The number of carbonyl (C=O) groups excluding carboxylic acids is 1. The van der Waals surface area contributed by atoms with Crippen LogP contribution in [0.1, 0.15) is 43.2 Å². The van der Waals surface area contributed by atoms with Gasteiger partial charge in [-0.2, -0.15) is 0 Å². The molecule has 4 heteroatoms. The molecule has 3 aliphatic rings. The van der Waals surface area contributed by atoms with Crippen LogP contribution >= 0.6 is 0 Å². The first-order chi connectivity index (χ1) is 13.1. The molecule has 3 atom stereocenters. The lowest BCUT2D eigenvalue weighted by Gasteiger charge is -2.40. The van der Waals surface area contributed by atoms with Gasteiger partial charge in [0.2, 0.25) is 0 Å². The van der Waals surface area contributed by atoms with E-state index in [1.807, 2.05) is 42.2 Å². The van der Waals surface area contributed by atoms with Gasteiger partial charge in [-0.3, -0.25) is 4.79 Å². The summed E-state index contributed by atoms with van der Waals surface area (Å²) >= 11 is 0. The number of carbonyl (C=O) groups is 1. The summed E-state index contributed by atoms with van der Waals surface area (Å²) < 4.78 is 0. The first-order valence-corrected chi connectivity index (χ1v) is 10.5. The minimum absolute atomic E-state index is 0.0214. The van der Waals surface area contributed by atoms with Crippen LogP contribution < -0.4 is 5.32 Å². The Balaban J connectivity index is 1.53. The molecule has 3 unspecified atom stereocenters. The Labute approximate surface area is 162 Å². The molecule has 1 aliphatic heterocycles. The van der Waals surface area contributed by atoms with E-state index >= 15 is 0 Å². The first kappa shape index (κ1) is 18.7. The molecule has 0 aromatic heterocycles.